The number of hydrogen-bond donors (Lipinski definition) is 1. The van der Waals surface area contributed by atoms with E-state index in [-0.39, 0.29) is 5.82 Å². The predicted octanol–water partition coefficient (Wildman–Crippen LogP) is 3.56. The molecule has 2 fully saturated rings. The molecule has 104 valence electrons. The first-order chi connectivity index (χ1) is 9.22. The van der Waals surface area contributed by atoms with Crippen LogP contribution >= 0.6 is 0 Å². The van der Waals surface area contributed by atoms with Gasteiger partial charge in [-0.2, -0.15) is 0 Å². The maximum Gasteiger partial charge on any atom is 0.125 e. The Labute approximate surface area is 114 Å². The van der Waals surface area contributed by atoms with Gasteiger partial charge in [0.15, 0.2) is 0 Å². The molecule has 0 radical (unpaired) electrons. The second kappa shape index (κ2) is 5.49. The summed E-state index contributed by atoms with van der Waals surface area (Å²) in [5, 5.41) is 0. The standard InChI is InChI=1S/C16H23FN2/c17-14-8-12(9-15(18)10-14)11-19-7-3-5-13-4-1-2-6-16(13)19/h8-10,13,16H,1-7,11,18H2. The van der Waals surface area contributed by atoms with Crippen LogP contribution in [-0.4, -0.2) is 17.5 Å². The number of rotatable bonds is 2. The van der Waals surface area contributed by atoms with Crippen molar-refractivity contribution in [3.63, 3.8) is 0 Å². The maximum atomic E-state index is 13.4. The Morgan fingerprint density at radius 3 is 2.74 bits per heavy atom. The van der Waals surface area contributed by atoms with E-state index in [9.17, 15) is 4.39 Å². The number of likely N-dealkylation sites (tertiary alicyclic amines) is 1. The summed E-state index contributed by atoms with van der Waals surface area (Å²) in [4.78, 5) is 2.56. The van der Waals surface area contributed by atoms with Crippen molar-refractivity contribution < 1.29 is 4.39 Å². The molecule has 2 nitrogen and oxygen atoms in total. The number of piperidine rings is 1. The molecule has 1 aliphatic heterocycles. The van der Waals surface area contributed by atoms with E-state index in [2.05, 4.69) is 4.90 Å². The fourth-order valence-corrected chi connectivity index (χ4v) is 3.93. The minimum absolute atomic E-state index is 0.216. The van der Waals surface area contributed by atoms with Gasteiger partial charge in [0.1, 0.15) is 5.82 Å². The number of nitrogens with two attached hydrogens (primary N) is 1. The molecule has 1 aromatic rings. The molecule has 3 heteroatoms. The molecule has 1 heterocycles. The van der Waals surface area contributed by atoms with E-state index in [0.717, 1.165) is 24.6 Å². The van der Waals surface area contributed by atoms with Gasteiger partial charge in [0.05, 0.1) is 0 Å². The average Bonchev–Trinajstić information content (AvgIpc) is 2.38. The second-order valence-electron chi connectivity index (χ2n) is 6.12. The van der Waals surface area contributed by atoms with Crippen LogP contribution < -0.4 is 5.73 Å². The topological polar surface area (TPSA) is 29.3 Å². The lowest BCUT2D eigenvalue weighted by Crippen LogP contribution is -2.46. The summed E-state index contributed by atoms with van der Waals surface area (Å²) in [6, 6.07) is 5.65. The average molecular weight is 262 g/mol. The molecule has 1 aliphatic carbocycles. The Bertz CT molecular complexity index is 424. The highest BCUT2D eigenvalue weighted by molar-refractivity contribution is 5.41. The summed E-state index contributed by atoms with van der Waals surface area (Å²) in [5.74, 6) is 0.653. The zero-order chi connectivity index (χ0) is 13.2. The third-order valence-electron chi connectivity index (χ3n) is 4.72. The lowest BCUT2D eigenvalue weighted by atomic mass is 9.78. The van der Waals surface area contributed by atoms with E-state index in [1.807, 2.05) is 6.07 Å². The van der Waals surface area contributed by atoms with Gasteiger partial charge in [-0.25, -0.2) is 4.39 Å². The fraction of sp³-hybridized carbons (Fsp3) is 0.625. The van der Waals surface area contributed by atoms with Crippen LogP contribution in [0.15, 0.2) is 18.2 Å². The van der Waals surface area contributed by atoms with Gasteiger partial charge in [0, 0.05) is 18.3 Å². The molecule has 0 amide bonds. The highest BCUT2D eigenvalue weighted by Gasteiger charge is 2.32. The molecule has 19 heavy (non-hydrogen) atoms. The maximum absolute atomic E-state index is 13.4. The molecule has 0 aromatic heterocycles. The normalized spacial score (nSPS) is 28.1. The summed E-state index contributed by atoms with van der Waals surface area (Å²) in [6.07, 6.45) is 8.10. The summed E-state index contributed by atoms with van der Waals surface area (Å²) in [5.41, 5.74) is 7.29. The van der Waals surface area contributed by atoms with Crippen molar-refractivity contribution in [2.75, 3.05) is 12.3 Å². The summed E-state index contributed by atoms with van der Waals surface area (Å²) in [6.45, 7) is 2.00. The van der Waals surface area contributed by atoms with Gasteiger partial charge in [0.2, 0.25) is 0 Å². The van der Waals surface area contributed by atoms with E-state index in [4.69, 9.17) is 5.73 Å². The van der Waals surface area contributed by atoms with Gasteiger partial charge < -0.3 is 5.73 Å². The third kappa shape index (κ3) is 2.92. The van der Waals surface area contributed by atoms with Crippen molar-refractivity contribution in [3.05, 3.63) is 29.6 Å². The molecule has 2 N–H and O–H groups in total. The Kier molecular flexibility index (Phi) is 3.74. The number of fused-ring (bicyclic) bond motifs is 1. The van der Waals surface area contributed by atoms with E-state index in [0.29, 0.717) is 11.7 Å². The van der Waals surface area contributed by atoms with Crippen LogP contribution in [0, 0.1) is 11.7 Å². The Morgan fingerprint density at radius 2 is 1.89 bits per heavy atom. The van der Waals surface area contributed by atoms with E-state index < -0.39 is 0 Å². The Hall–Kier alpha value is -1.09. The first-order valence-electron chi connectivity index (χ1n) is 7.51. The number of anilines is 1. The molecule has 1 aromatic carbocycles. The van der Waals surface area contributed by atoms with Crippen molar-refractivity contribution >= 4 is 5.69 Å². The molecule has 2 unspecified atom stereocenters. The van der Waals surface area contributed by atoms with Crippen molar-refractivity contribution in [1.29, 1.82) is 0 Å². The van der Waals surface area contributed by atoms with Gasteiger partial charge in [-0.15, -0.1) is 0 Å². The largest absolute Gasteiger partial charge is 0.399 e. The molecule has 1 saturated heterocycles. The SMILES string of the molecule is Nc1cc(F)cc(CN2CCCC3CCCCC32)c1. The Morgan fingerprint density at radius 1 is 1.11 bits per heavy atom. The third-order valence-corrected chi connectivity index (χ3v) is 4.72. The van der Waals surface area contributed by atoms with Gasteiger partial charge in [-0.3, -0.25) is 4.90 Å². The van der Waals surface area contributed by atoms with Crippen molar-refractivity contribution in [1.82, 2.24) is 4.90 Å². The summed E-state index contributed by atoms with van der Waals surface area (Å²) >= 11 is 0. The monoisotopic (exact) mass is 262 g/mol. The minimum Gasteiger partial charge on any atom is -0.399 e. The van der Waals surface area contributed by atoms with E-state index >= 15 is 0 Å². The highest BCUT2D eigenvalue weighted by Crippen LogP contribution is 2.36. The van der Waals surface area contributed by atoms with Crippen LogP contribution in [0.1, 0.15) is 44.1 Å². The van der Waals surface area contributed by atoms with Crippen molar-refractivity contribution in [2.45, 2.75) is 51.1 Å². The molecule has 0 bridgehead atoms. The first-order valence-corrected chi connectivity index (χ1v) is 7.51. The van der Waals surface area contributed by atoms with Crippen molar-refractivity contribution in [3.8, 4) is 0 Å². The molecule has 2 atom stereocenters. The molecule has 3 rings (SSSR count). The van der Waals surface area contributed by atoms with Crippen LogP contribution in [0.3, 0.4) is 0 Å². The zero-order valence-electron chi connectivity index (χ0n) is 11.4. The zero-order valence-corrected chi connectivity index (χ0v) is 11.4. The van der Waals surface area contributed by atoms with Crippen LogP contribution in [0.4, 0.5) is 10.1 Å². The molecular formula is C16H23FN2. The van der Waals surface area contributed by atoms with E-state index in [1.165, 1.54) is 44.6 Å². The predicted molar refractivity (Wildman–Crippen MR) is 76.2 cm³/mol. The molecule has 2 aliphatic rings. The second-order valence-corrected chi connectivity index (χ2v) is 6.12. The van der Waals surface area contributed by atoms with E-state index in [1.54, 1.807) is 6.07 Å². The molecule has 0 spiro atoms. The lowest BCUT2D eigenvalue weighted by Gasteiger charge is -2.44. The van der Waals surface area contributed by atoms with Crippen LogP contribution in [0.5, 0.6) is 0 Å². The molecular weight excluding hydrogens is 239 g/mol. The number of benzene rings is 1. The number of nitrogen functional groups attached to an aromatic ring is 1. The fourth-order valence-electron chi connectivity index (χ4n) is 3.93. The van der Waals surface area contributed by atoms with Gasteiger partial charge >= 0.3 is 0 Å². The van der Waals surface area contributed by atoms with Gasteiger partial charge in [-0.1, -0.05) is 12.8 Å². The highest BCUT2D eigenvalue weighted by atomic mass is 19.1. The first kappa shape index (κ1) is 12.9. The van der Waals surface area contributed by atoms with Crippen LogP contribution in [-0.2, 0) is 6.54 Å². The van der Waals surface area contributed by atoms with Gasteiger partial charge in [0.25, 0.3) is 0 Å². The quantitative estimate of drug-likeness (QED) is 0.826. The minimum atomic E-state index is -0.216. The summed E-state index contributed by atoms with van der Waals surface area (Å²) < 4.78 is 13.4. The number of nitrogens with zero attached hydrogens (tertiary/aromatic N) is 1. The van der Waals surface area contributed by atoms with Crippen LogP contribution in [0.25, 0.3) is 0 Å². The smallest absolute Gasteiger partial charge is 0.125 e. The number of halogens is 1. The van der Waals surface area contributed by atoms with Crippen molar-refractivity contribution in [2.24, 2.45) is 5.92 Å². The summed E-state index contributed by atoms with van der Waals surface area (Å²) in [7, 11) is 0. The lowest BCUT2D eigenvalue weighted by molar-refractivity contribution is 0.0546. The van der Waals surface area contributed by atoms with Gasteiger partial charge in [-0.05, 0) is 61.9 Å². The Balaban J connectivity index is 1.74. The van der Waals surface area contributed by atoms with Crippen LogP contribution in [0.2, 0.25) is 0 Å². The number of hydrogen-bond acceptors (Lipinski definition) is 2. The molecule has 1 saturated carbocycles.